The summed E-state index contributed by atoms with van der Waals surface area (Å²) in [7, 11) is 0. The zero-order chi connectivity index (χ0) is 20.8. The number of nitrogens with one attached hydrogen (secondary N) is 1. The van der Waals surface area contributed by atoms with Crippen LogP contribution in [0.4, 0.5) is 4.79 Å². The quantitative estimate of drug-likeness (QED) is 0.602. The maximum Gasteiger partial charge on any atom is 0.317 e. The predicted octanol–water partition coefficient (Wildman–Crippen LogP) is 2.36. The van der Waals surface area contributed by atoms with Gasteiger partial charge in [0.15, 0.2) is 0 Å². The lowest BCUT2D eigenvalue weighted by Gasteiger charge is -2.41. The molecule has 2 fully saturated rings. The highest BCUT2D eigenvalue weighted by Gasteiger charge is 2.36. The molecule has 8 nitrogen and oxygen atoms in total. The highest BCUT2D eigenvalue weighted by molar-refractivity contribution is 7.76. The summed E-state index contributed by atoms with van der Waals surface area (Å²) in [5, 5.41) is 12.0. The molecule has 0 saturated carbocycles. The summed E-state index contributed by atoms with van der Waals surface area (Å²) in [6.07, 6.45) is 6.85. The number of piperidine rings is 2. The SMILES string of the molecule is C=C/C=C1/C[C@@H](CNC(=O)N2CCC(C(=O)O)CC2)[C@@H](C)N(S(=O)O)/C1=C/C. The Bertz CT molecular complexity index is 698. The monoisotopic (exact) mass is 411 g/mol. The number of rotatable bonds is 5. The van der Waals surface area contributed by atoms with Crippen LogP contribution >= 0.6 is 0 Å². The Morgan fingerprint density at radius 1 is 1.36 bits per heavy atom. The molecule has 28 heavy (non-hydrogen) atoms. The number of amides is 2. The van der Waals surface area contributed by atoms with Gasteiger partial charge in [0.25, 0.3) is 11.3 Å². The average molecular weight is 412 g/mol. The molecular formula is C19H29N3O5S. The summed E-state index contributed by atoms with van der Waals surface area (Å²) >= 11 is -2.17. The highest BCUT2D eigenvalue weighted by atomic mass is 32.2. The summed E-state index contributed by atoms with van der Waals surface area (Å²) in [6, 6.07) is -0.462. The summed E-state index contributed by atoms with van der Waals surface area (Å²) in [6.45, 7) is 8.60. The molecule has 3 N–H and O–H groups in total. The summed E-state index contributed by atoms with van der Waals surface area (Å²) < 4.78 is 23.1. The van der Waals surface area contributed by atoms with E-state index in [9.17, 15) is 18.4 Å². The normalized spacial score (nSPS) is 27.7. The zero-order valence-electron chi connectivity index (χ0n) is 16.3. The number of allylic oxidation sites excluding steroid dienone is 4. The zero-order valence-corrected chi connectivity index (χ0v) is 17.2. The summed E-state index contributed by atoms with van der Waals surface area (Å²) in [4.78, 5) is 25.1. The van der Waals surface area contributed by atoms with Gasteiger partial charge in [-0.05, 0) is 38.7 Å². The van der Waals surface area contributed by atoms with Crippen molar-refractivity contribution in [1.82, 2.24) is 14.5 Å². The Morgan fingerprint density at radius 3 is 2.50 bits per heavy atom. The fraction of sp³-hybridized carbons (Fsp3) is 0.579. The molecule has 0 aliphatic carbocycles. The first-order valence-corrected chi connectivity index (χ1v) is 10.5. The van der Waals surface area contributed by atoms with E-state index in [0.717, 1.165) is 5.57 Å². The number of carbonyl (C=O) groups excluding carboxylic acids is 1. The molecule has 0 bridgehead atoms. The van der Waals surface area contributed by atoms with Crippen molar-refractivity contribution >= 4 is 23.3 Å². The van der Waals surface area contributed by atoms with Gasteiger partial charge in [-0.1, -0.05) is 24.8 Å². The highest BCUT2D eigenvalue weighted by Crippen LogP contribution is 2.35. The topological polar surface area (TPSA) is 110 Å². The molecule has 2 rings (SSSR count). The first kappa shape index (κ1) is 22.2. The van der Waals surface area contributed by atoms with E-state index < -0.39 is 17.2 Å². The molecule has 1 unspecified atom stereocenters. The number of hydrogen-bond donors (Lipinski definition) is 3. The second-order valence-corrected chi connectivity index (χ2v) is 8.00. The first-order valence-electron chi connectivity index (χ1n) is 9.44. The molecule has 9 heteroatoms. The first-order chi connectivity index (χ1) is 13.3. The molecule has 2 amide bonds. The van der Waals surface area contributed by atoms with Gasteiger partial charge < -0.3 is 15.3 Å². The maximum absolute atomic E-state index is 12.5. The second kappa shape index (κ2) is 9.88. The van der Waals surface area contributed by atoms with Crippen molar-refractivity contribution in [3.63, 3.8) is 0 Å². The van der Waals surface area contributed by atoms with Crippen LogP contribution in [0, 0.1) is 11.8 Å². The minimum absolute atomic E-state index is 0.0495. The fourth-order valence-corrected chi connectivity index (χ4v) is 4.69. The van der Waals surface area contributed by atoms with Crippen molar-refractivity contribution in [3.8, 4) is 0 Å². The van der Waals surface area contributed by atoms with Crippen LogP contribution in [0.2, 0.25) is 0 Å². The molecular weight excluding hydrogens is 382 g/mol. The Balaban J connectivity index is 2.02. The van der Waals surface area contributed by atoms with Crippen LogP contribution in [0.25, 0.3) is 0 Å². The average Bonchev–Trinajstić information content (AvgIpc) is 2.67. The van der Waals surface area contributed by atoms with Crippen molar-refractivity contribution in [2.75, 3.05) is 19.6 Å². The maximum atomic E-state index is 12.5. The molecule has 2 heterocycles. The molecule has 0 aromatic heterocycles. The third-order valence-corrected chi connectivity index (χ3v) is 6.37. The van der Waals surface area contributed by atoms with Gasteiger partial charge in [0, 0.05) is 31.6 Å². The van der Waals surface area contributed by atoms with Gasteiger partial charge in [-0.3, -0.25) is 13.7 Å². The van der Waals surface area contributed by atoms with Crippen molar-refractivity contribution in [1.29, 1.82) is 0 Å². The smallest absolute Gasteiger partial charge is 0.317 e. The number of carbonyl (C=O) groups is 2. The lowest BCUT2D eigenvalue weighted by Crippen LogP contribution is -2.50. The third-order valence-electron chi connectivity index (χ3n) is 5.51. The number of carboxylic acid groups (broad SMARTS) is 1. The molecule has 3 atom stereocenters. The van der Waals surface area contributed by atoms with Crippen LogP contribution < -0.4 is 5.32 Å². The van der Waals surface area contributed by atoms with Crippen molar-refractivity contribution in [2.24, 2.45) is 11.8 Å². The lowest BCUT2D eigenvalue weighted by atomic mass is 9.86. The summed E-state index contributed by atoms with van der Waals surface area (Å²) in [5.74, 6) is -1.25. The molecule has 0 aromatic rings. The molecule has 0 aromatic carbocycles. The second-order valence-electron chi connectivity index (χ2n) is 7.15. The lowest BCUT2D eigenvalue weighted by molar-refractivity contribution is -0.143. The van der Waals surface area contributed by atoms with Gasteiger partial charge in [-0.2, -0.15) is 0 Å². The molecule has 0 spiro atoms. The molecule has 2 aliphatic rings. The van der Waals surface area contributed by atoms with Gasteiger partial charge >= 0.3 is 12.0 Å². The van der Waals surface area contributed by atoms with Crippen LogP contribution in [0.3, 0.4) is 0 Å². The number of hydrogen-bond acceptors (Lipinski definition) is 3. The minimum atomic E-state index is -2.17. The van der Waals surface area contributed by atoms with Crippen LogP contribution in [0.5, 0.6) is 0 Å². The Hall–Kier alpha value is -2.13. The molecule has 2 saturated heterocycles. The fourth-order valence-electron chi connectivity index (χ4n) is 3.85. The van der Waals surface area contributed by atoms with Gasteiger partial charge in [-0.25, -0.2) is 9.00 Å². The van der Waals surface area contributed by atoms with Gasteiger partial charge in [0.1, 0.15) is 0 Å². The standard InChI is InChI=1S/C19H29N3O5S/c1-4-6-15-11-16(13(3)22(28(26)27)17(15)5-2)12-20-19(25)21-9-7-14(8-10-21)18(23)24/h4-6,13-14,16H,1,7-12H2,2-3H3,(H,20,25)(H,23,24)(H,26,27)/b15-6-,17-5+/t13-,16+/m1/s1. The predicted molar refractivity (Wildman–Crippen MR) is 108 cm³/mol. The van der Waals surface area contributed by atoms with E-state index in [4.69, 9.17) is 5.11 Å². The van der Waals surface area contributed by atoms with E-state index in [1.807, 2.05) is 19.9 Å². The van der Waals surface area contributed by atoms with Crippen molar-refractivity contribution in [3.05, 3.63) is 36.1 Å². The number of likely N-dealkylation sites (tertiary alicyclic amines) is 1. The minimum Gasteiger partial charge on any atom is -0.481 e. The van der Waals surface area contributed by atoms with Crippen molar-refractivity contribution < 1.29 is 23.5 Å². The summed E-state index contributed by atoms with van der Waals surface area (Å²) in [5.41, 5.74) is 1.60. The number of nitrogens with zero attached hydrogens (tertiary/aromatic N) is 2. The number of aliphatic carboxylic acids is 1. The van der Waals surface area contributed by atoms with Gasteiger partial charge in [0.05, 0.1) is 11.6 Å². The van der Waals surface area contributed by atoms with Crippen LogP contribution in [-0.2, 0) is 16.1 Å². The van der Waals surface area contributed by atoms with Crippen LogP contribution in [0.15, 0.2) is 36.1 Å². The number of carboxylic acids is 1. The van der Waals surface area contributed by atoms with Crippen molar-refractivity contribution in [2.45, 2.75) is 39.2 Å². The van der Waals surface area contributed by atoms with Crippen LogP contribution in [0.1, 0.15) is 33.1 Å². The van der Waals surface area contributed by atoms with Crippen LogP contribution in [-0.4, -0.2) is 60.7 Å². The largest absolute Gasteiger partial charge is 0.481 e. The van der Waals surface area contributed by atoms with E-state index >= 15 is 0 Å². The van der Waals surface area contributed by atoms with E-state index in [-0.39, 0.29) is 23.9 Å². The molecule has 0 radical (unpaired) electrons. The molecule has 156 valence electrons. The van der Waals surface area contributed by atoms with E-state index in [2.05, 4.69) is 11.9 Å². The Morgan fingerprint density at radius 2 is 2.00 bits per heavy atom. The van der Waals surface area contributed by atoms with Gasteiger partial charge in [-0.15, -0.1) is 0 Å². The third kappa shape index (κ3) is 5.02. The van der Waals surface area contributed by atoms with Gasteiger partial charge in [0.2, 0.25) is 0 Å². The van der Waals surface area contributed by atoms with E-state index in [1.165, 1.54) is 4.31 Å². The Kier molecular flexibility index (Phi) is 7.82. The van der Waals surface area contributed by atoms with E-state index in [1.54, 1.807) is 17.1 Å². The van der Waals surface area contributed by atoms with E-state index in [0.29, 0.717) is 44.6 Å². The molecule has 2 aliphatic heterocycles. The number of urea groups is 1. The Labute approximate surface area is 168 Å².